The second kappa shape index (κ2) is 5.64. The molecule has 1 aromatic carbocycles. The molecule has 19 heavy (non-hydrogen) atoms. The number of rotatable bonds is 1. The van der Waals surface area contributed by atoms with Crippen LogP contribution < -0.4 is 10.6 Å². The number of anilines is 1. The number of aryl methyl sites for hydroxylation is 1. The first-order valence-electron chi connectivity index (χ1n) is 7.53. The summed E-state index contributed by atoms with van der Waals surface area (Å²) in [6.07, 6.45) is 8.60. The van der Waals surface area contributed by atoms with E-state index < -0.39 is 0 Å². The molecule has 0 unspecified atom stereocenters. The molecule has 0 spiro atoms. The molecule has 0 aromatic heterocycles. The number of hydrogen-bond acceptors (Lipinski definition) is 1. The normalized spacial score (nSPS) is 21.3. The van der Waals surface area contributed by atoms with Gasteiger partial charge in [-0.25, -0.2) is 4.99 Å². The zero-order valence-corrected chi connectivity index (χ0v) is 11.5. The van der Waals surface area contributed by atoms with E-state index in [1.165, 1.54) is 49.8 Å². The molecule has 0 radical (unpaired) electrons. The zero-order chi connectivity index (χ0) is 13.1. The fourth-order valence-electron chi connectivity index (χ4n) is 3.22. The van der Waals surface area contributed by atoms with E-state index in [0.717, 1.165) is 18.9 Å². The van der Waals surface area contributed by atoms with Crippen LogP contribution in [0.1, 0.15) is 44.1 Å². The summed E-state index contributed by atoms with van der Waals surface area (Å²) in [5.74, 6) is 0.723. The number of nitrogens with two attached hydrogens (primary N) is 1. The molecular weight excluding hydrogens is 234 g/mol. The van der Waals surface area contributed by atoms with Crippen LogP contribution in [0.3, 0.4) is 0 Å². The number of para-hydroxylation sites is 1. The summed E-state index contributed by atoms with van der Waals surface area (Å²) in [6.45, 7) is 0.999. The Bertz CT molecular complexity index is 461. The first-order chi connectivity index (χ1) is 9.34. The average molecular weight is 257 g/mol. The minimum absolute atomic E-state index is 0.454. The fourth-order valence-corrected chi connectivity index (χ4v) is 3.22. The predicted octanol–water partition coefficient (Wildman–Crippen LogP) is 3.09. The Kier molecular flexibility index (Phi) is 3.72. The van der Waals surface area contributed by atoms with Gasteiger partial charge in [0.05, 0.1) is 6.04 Å². The van der Waals surface area contributed by atoms with Gasteiger partial charge in [0.2, 0.25) is 0 Å². The quantitative estimate of drug-likeness (QED) is 0.620. The lowest BCUT2D eigenvalue weighted by Gasteiger charge is -2.24. The Morgan fingerprint density at radius 2 is 1.89 bits per heavy atom. The third kappa shape index (κ3) is 2.75. The largest absolute Gasteiger partial charge is 0.370 e. The monoisotopic (exact) mass is 257 g/mol. The number of benzene rings is 1. The molecular formula is C16H23N3. The SMILES string of the molecule is NC(=NC1CCCC1)N1CCCCc2ccccc21. The van der Waals surface area contributed by atoms with Crippen molar-refractivity contribution in [2.45, 2.75) is 51.0 Å². The third-order valence-electron chi connectivity index (χ3n) is 4.28. The summed E-state index contributed by atoms with van der Waals surface area (Å²) >= 11 is 0. The van der Waals surface area contributed by atoms with Crippen LogP contribution in [0.25, 0.3) is 0 Å². The van der Waals surface area contributed by atoms with Gasteiger partial charge in [-0.2, -0.15) is 0 Å². The van der Waals surface area contributed by atoms with Crippen molar-refractivity contribution < 1.29 is 0 Å². The third-order valence-corrected chi connectivity index (χ3v) is 4.28. The van der Waals surface area contributed by atoms with Gasteiger partial charge in [-0.15, -0.1) is 0 Å². The standard InChI is InChI=1S/C16H23N3/c17-16(18-14-9-2-3-10-14)19-12-6-5-8-13-7-1-4-11-15(13)19/h1,4,7,11,14H,2-3,5-6,8-10,12H2,(H2,17,18). The van der Waals surface area contributed by atoms with E-state index >= 15 is 0 Å². The topological polar surface area (TPSA) is 41.6 Å². The number of hydrogen-bond donors (Lipinski definition) is 1. The molecule has 2 aliphatic rings. The number of nitrogens with zero attached hydrogens (tertiary/aromatic N) is 2. The van der Waals surface area contributed by atoms with Crippen LogP contribution in [-0.2, 0) is 6.42 Å². The van der Waals surface area contributed by atoms with Crippen molar-refractivity contribution in [3.05, 3.63) is 29.8 Å². The molecule has 0 bridgehead atoms. The molecule has 102 valence electrons. The fraction of sp³-hybridized carbons (Fsp3) is 0.562. The van der Waals surface area contributed by atoms with E-state index in [1.807, 2.05) is 0 Å². The molecule has 0 atom stereocenters. The summed E-state index contributed by atoms with van der Waals surface area (Å²) in [5, 5.41) is 0. The van der Waals surface area contributed by atoms with Gasteiger partial charge in [0, 0.05) is 12.2 Å². The smallest absolute Gasteiger partial charge is 0.196 e. The van der Waals surface area contributed by atoms with E-state index in [1.54, 1.807) is 0 Å². The highest BCUT2D eigenvalue weighted by Gasteiger charge is 2.20. The van der Waals surface area contributed by atoms with E-state index in [0.29, 0.717) is 6.04 Å². The molecule has 0 saturated heterocycles. The van der Waals surface area contributed by atoms with Gasteiger partial charge < -0.3 is 10.6 Å². The van der Waals surface area contributed by atoms with E-state index in [9.17, 15) is 0 Å². The lowest BCUT2D eigenvalue weighted by atomic mass is 10.1. The van der Waals surface area contributed by atoms with Crippen molar-refractivity contribution in [2.75, 3.05) is 11.4 Å². The Morgan fingerprint density at radius 1 is 1.11 bits per heavy atom. The van der Waals surface area contributed by atoms with Crippen molar-refractivity contribution in [1.29, 1.82) is 0 Å². The number of aliphatic imine (C=N–C) groups is 1. The highest BCUT2D eigenvalue weighted by atomic mass is 15.3. The Labute approximate surface area is 115 Å². The lowest BCUT2D eigenvalue weighted by Crippen LogP contribution is -2.39. The van der Waals surface area contributed by atoms with Gasteiger partial charge in [0.15, 0.2) is 5.96 Å². The molecule has 1 fully saturated rings. The van der Waals surface area contributed by atoms with Crippen LogP contribution in [-0.4, -0.2) is 18.5 Å². The minimum Gasteiger partial charge on any atom is -0.370 e. The second-order valence-electron chi connectivity index (χ2n) is 5.66. The van der Waals surface area contributed by atoms with Crippen LogP contribution in [0.5, 0.6) is 0 Å². The summed E-state index contributed by atoms with van der Waals surface area (Å²) in [7, 11) is 0. The van der Waals surface area contributed by atoms with Gasteiger partial charge >= 0.3 is 0 Å². The van der Waals surface area contributed by atoms with Gasteiger partial charge in [0.25, 0.3) is 0 Å². The highest BCUT2D eigenvalue weighted by molar-refractivity contribution is 5.95. The van der Waals surface area contributed by atoms with Crippen LogP contribution in [0, 0.1) is 0 Å². The molecule has 3 heteroatoms. The molecule has 3 nitrogen and oxygen atoms in total. The average Bonchev–Trinajstić information content (AvgIpc) is 2.83. The molecule has 1 aliphatic carbocycles. The van der Waals surface area contributed by atoms with Gasteiger partial charge in [-0.3, -0.25) is 0 Å². The summed E-state index contributed by atoms with van der Waals surface area (Å²) in [4.78, 5) is 6.98. The van der Waals surface area contributed by atoms with Crippen molar-refractivity contribution in [1.82, 2.24) is 0 Å². The lowest BCUT2D eigenvalue weighted by molar-refractivity contribution is 0.698. The van der Waals surface area contributed by atoms with Crippen LogP contribution in [0.2, 0.25) is 0 Å². The maximum Gasteiger partial charge on any atom is 0.196 e. The van der Waals surface area contributed by atoms with Crippen molar-refractivity contribution in [3.8, 4) is 0 Å². The molecule has 1 heterocycles. The second-order valence-corrected chi connectivity index (χ2v) is 5.66. The first-order valence-corrected chi connectivity index (χ1v) is 7.53. The Morgan fingerprint density at radius 3 is 2.74 bits per heavy atom. The van der Waals surface area contributed by atoms with E-state index in [-0.39, 0.29) is 0 Å². The van der Waals surface area contributed by atoms with Gasteiger partial charge in [-0.05, 0) is 43.7 Å². The van der Waals surface area contributed by atoms with Gasteiger partial charge in [0.1, 0.15) is 0 Å². The van der Waals surface area contributed by atoms with Crippen molar-refractivity contribution in [3.63, 3.8) is 0 Å². The van der Waals surface area contributed by atoms with Crippen LogP contribution >= 0.6 is 0 Å². The minimum atomic E-state index is 0.454. The Hall–Kier alpha value is -1.51. The molecule has 1 aliphatic heterocycles. The summed E-state index contributed by atoms with van der Waals surface area (Å²) in [6, 6.07) is 9.07. The molecule has 1 saturated carbocycles. The highest BCUT2D eigenvalue weighted by Crippen LogP contribution is 2.27. The van der Waals surface area contributed by atoms with E-state index in [2.05, 4.69) is 29.2 Å². The molecule has 3 rings (SSSR count). The van der Waals surface area contributed by atoms with Crippen LogP contribution in [0.4, 0.5) is 5.69 Å². The van der Waals surface area contributed by atoms with Gasteiger partial charge in [-0.1, -0.05) is 31.0 Å². The van der Waals surface area contributed by atoms with E-state index in [4.69, 9.17) is 10.7 Å². The van der Waals surface area contributed by atoms with Crippen molar-refractivity contribution in [2.24, 2.45) is 10.7 Å². The molecule has 1 aromatic rings. The maximum atomic E-state index is 6.29. The predicted molar refractivity (Wildman–Crippen MR) is 80.6 cm³/mol. The van der Waals surface area contributed by atoms with Crippen molar-refractivity contribution >= 4 is 11.6 Å². The number of fused-ring (bicyclic) bond motifs is 1. The maximum absolute atomic E-state index is 6.29. The zero-order valence-electron chi connectivity index (χ0n) is 11.5. The molecule has 2 N–H and O–H groups in total. The molecule has 0 amide bonds. The summed E-state index contributed by atoms with van der Waals surface area (Å²) in [5.41, 5.74) is 8.96. The number of guanidine groups is 1. The Balaban J connectivity index is 1.86. The van der Waals surface area contributed by atoms with Crippen LogP contribution in [0.15, 0.2) is 29.3 Å². The summed E-state index contributed by atoms with van der Waals surface area (Å²) < 4.78 is 0. The first kappa shape index (κ1) is 12.5.